The third kappa shape index (κ3) is 6.05. The number of aliphatic hydroxyl groups excluding tert-OH is 1. The zero-order valence-corrected chi connectivity index (χ0v) is 17.4. The number of hydrogen-bond acceptors (Lipinski definition) is 3. The number of carbonyl (C=O) groups is 2. The molecule has 6 heteroatoms. The zero-order chi connectivity index (χ0) is 20.8. The highest BCUT2D eigenvalue weighted by Gasteiger charge is 2.28. The summed E-state index contributed by atoms with van der Waals surface area (Å²) in [5.74, 6) is -0.355. The molecule has 0 aromatic heterocycles. The maximum Gasteiger partial charge on any atom is 0.233 e. The average molecular weight is 415 g/mol. The summed E-state index contributed by atoms with van der Waals surface area (Å²) in [5, 5.41) is 13.8. The Balaban J connectivity index is 1.46. The van der Waals surface area contributed by atoms with E-state index >= 15 is 0 Å². The van der Waals surface area contributed by atoms with Crippen molar-refractivity contribution in [2.24, 2.45) is 5.92 Å². The van der Waals surface area contributed by atoms with Gasteiger partial charge >= 0.3 is 0 Å². The molecule has 1 aliphatic rings. The van der Waals surface area contributed by atoms with Crippen LogP contribution >= 0.6 is 11.6 Å². The van der Waals surface area contributed by atoms with Gasteiger partial charge in [0, 0.05) is 23.8 Å². The summed E-state index contributed by atoms with van der Waals surface area (Å²) < 4.78 is 0. The van der Waals surface area contributed by atoms with Crippen molar-refractivity contribution in [3.05, 3.63) is 64.7 Å². The first-order valence-electron chi connectivity index (χ1n) is 9.98. The minimum atomic E-state index is -0.413. The van der Waals surface area contributed by atoms with Gasteiger partial charge in [0.15, 0.2) is 0 Å². The van der Waals surface area contributed by atoms with Crippen LogP contribution in [0.3, 0.4) is 0 Å². The van der Waals surface area contributed by atoms with E-state index in [0.29, 0.717) is 30.2 Å². The number of hydrogen-bond donors (Lipinski definition) is 2. The van der Waals surface area contributed by atoms with Crippen molar-refractivity contribution in [2.45, 2.75) is 38.7 Å². The van der Waals surface area contributed by atoms with Gasteiger partial charge in [-0.3, -0.25) is 9.59 Å². The molecule has 2 aromatic rings. The van der Waals surface area contributed by atoms with Crippen molar-refractivity contribution in [1.82, 2.24) is 4.90 Å². The van der Waals surface area contributed by atoms with E-state index in [1.807, 2.05) is 43.3 Å². The van der Waals surface area contributed by atoms with Gasteiger partial charge in [-0.1, -0.05) is 48.0 Å². The molecule has 1 saturated heterocycles. The molecule has 1 aliphatic heterocycles. The standard InChI is InChI=1S/C23H27ClN2O3/c1-16-7-8-19(24)14-20(16)25-22(28)15-23(29)26-11-9-18(10-12-26)21(27)13-17-5-3-2-4-6-17/h2-8,14,18,21,27H,9-13,15H2,1H3,(H,25,28). The summed E-state index contributed by atoms with van der Waals surface area (Å²) >= 11 is 5.97. The molecule has 0 spiro atoms. The SMILES string of the molecule is Cc1ccc(Cl)cc1NC(=O)CC(=O)N1CCC(C(O)Cc2ccccc2)CC1. The second-order valence-corrected chi connectivity index (χ2v) is 8.10. The molecule has 154 valence electrons. The number of anilines is 1. The molecule has 2 N–H and O–H groups in total. The van der Waals surface area contributed by atoms with E-state index in [4.69, 9.17) is 11.6 Å². The normalized spacial score (nSPS) is 15.8. The summed E-state index contributed by atoms with van der Waals surface area (Å²) in [7, 11) is 0. The lowest BCUT2D eigenvalue weighted by molar-refractivity contribution is -0.136. The van der Waals surface area contributed by atoms with E-state index < -0.39 is 6.10 Å². The summed E-state index contributed by atoms with van der Waals surface area (Å²) in [4.78, 5) is 26.5. The fourth-order valence-corrected chi connectivity index (χ4v) is 3.90. The van der Waals surface area contributed by atoms with Gasteiger partial charge in [-0.05, 0) is 55.4 Å². The van der Waals surface area contributed by atoms with Crippen molar-refractivity contribution in [3.8, 4) is 0 Å². The molecule has 29 heavy (non-hydrogen) atoms. The topological polar surface area (TPSA) is 69.6 Å². The van der Waals surface area contributed by atoms with Crippen LogP contribution in [0.5, 0.6) is 0 Å². The van der Waals surface area contributed by atoms with Crippen LogP contribution < -0.4 is 5.32 Å². The van der Waals surface area contributed by atoms with Crippen LogP contribution in [0.1, 0.15) is 30.4 Å². The van der Waals surface area contributed by atoms with E-state index in [1.165, 1.54) is 0 Å². The Morgan fingerprint density at radius 1 is 1.17 bits per heavy atom. The predicted octanol–water partition coefficient (Wildman–Crippen LogP) is 3.82. The molecule has 2 aromatic carbocycles. The lowest BCUT2D eigenvalue weighted by Crippen LogP contribution is -2.42. The van der Waals surface area contributed by atoms with Crippen LogP contribution in [0.4, 0.5) is 5.69 Å². The zero-order valence-electron chi connectivity index (χ0n) is 16.6. The van der Waals surface area contributed by atoms with Crippen molar-refractivity contribution in [1.29, 1.82) is 0 Å². The van der Waals surface area contributed by atoms with Crippen molar-refractivity contribution < 1.29 is 14.7 Å². The van der Waals surface area contributed by atoms with Gasteiger partial charge in [-0.2, -0.15) is 0 Å². The van der Waals surface area contributed by atoms with E-state index in [9.17, 15) is 14.7 Å². The molecule has 1 heterocycles. The summed E-state index contributed by atoms with van der Waals surface area (Å²) in [6.45, 7) is 3.01. The number of nitrogens with zero attached hydrogens (tertiary/aromatic N) is 1. The van der Waals surface area contributed by atoms with Crippen molar-refractivity contribution in [3.63, 3.8) is 0 Å². The first-order chi connectivity index (χ1) is 13.9. The first-order valence-corrected chi connectivity index (χ1v) is 10.4. The minimum Gasteiger partial charge on any atom is -0.392 e. The highest BCUT2D eigenvalue weighted by atomic mass is 35.5. The second-order valence-electron chi connectivity index (χ2n) is 7.66. The van der Waals surface area contributed by atoms with Crippen LogP contribution in [-0.2, 0) is 16.0 Å². The molecule has 0 radical (unpaired) electrons. The van der Waals surface area contributed by atoms with Gasteiger partial charge in [-0.15, -0.1) is 0 Å². The minimum absolute atomic E-state index is 0.169. The number of nitrogens with one attached hydrogen (secondary N) is 1. The molecule has 5 nitrogen and oxygen atoms in total. The van der Waals surface area contributed by atoms with Crippen LogP contribution in [0.15, 0.2) is 48.5 Å². The molecule has 1 atom stereocenters. The van der Waals surface area contributed by atoms with Crippen LogP contribution in [0, 0.1) is 12.8 Å². The molecule has 3 rings (SSSR count). The number of halogens is 1. The maximum absolute atomic E-state index is 12.5. The maximum atomic E-state index is 12.5. The number of aryl methyl sites for hydroxylation is 1. The van der Waals surface area contributed by atoms with E-state index in [1.54, 1.807) is 17.0 Å². The van der Waals surface area contributed by atoms with Crippen LogP contribution in [-0.4, -0.2) is 41.0 Å². The van der Waals surface area contributed by atoms with E-state index in [2.05, 4.69) is 5.32 Å². The Labute approximate surface area is 176 Å². The highest BCUT2D eigenvalue weighted by molar-refractivity contribution is 6.31. The third-order valence-electron chi connectivity index (χ3n) is 5.51. The molecule has 1 fully saturated rings. The summed E-state index contributed by atoms with van der Waals surface area (Å²) in [5.41, 5.74) is 2.63. The molecule has 0 saturated carbocycles. The van der Waals surface area contributed by atoms with Crippen LogP contribution in [0.25, 0.3) is 0 Å². The largest absolute Gasteiger partial charge is 0.392 e. The average Bonchev–Trinajstić information content (AvgIpc) is 2.71. The van der Waals surface area contributed by atoms with Gasteiger partial charge < -0.3 is 15.3 Å². The second kappa shape index (κ2) is 9.90. The lowest BCUT2D eigenvalue weighted by Gasteiger charge is -2.34. The number of likely N-dealkylation sites (tertiary alicyclic amines) is 1. The van der Waals surface area contributed by atoms with Gasteiger partial charge in [0.2, 0.25) is 11.8 Å². The molecule has 0 aliphatic carbocycles. The number of carbonyl (C=O) groups excluding carboxylic acids is 2. The number of benzene rings is 2. The number of rotatable bonds is 6. The Hall–Kier alpha value is -2.37. The van der Waals surface area contributed by atoms with Crippen molar-refractivity contribution >= 4 is 29.1 Å². The highest BCUT2D eigenvalue weighted by Crippen LogP contribution is 2.24. The Bertz CT molecular complexity index is 848. The smallest absolute Gasteiger partial charge is 0.233 e. The Morgan fingerprint density at radius 3 is 2.55 bits per heavy atom. The van der Waals surface area contributed by atoms with Crippen molar-refractivity contribution in [2.75, 3.05) is 18.4 Å². The molecular formula is C23H27ClN2O3. The Morgan fingerprint density at radius 2 is 1.86 bits per heavy atom. The van der Waals surface area contributed by atoms with E-state index in [0.717, 1.165) is 24.0 Å². The lowest BCUT2D eigenvalue weighted by atomic mass is 9.88. The molecule has 0 bridgehead atoms. The van der Waals surface area contributed by atoms with Gasteiger partial charge in [-0.25, -0.2) is 0 Å². The monoisotopic (exact) mass is 414 g/mol. The van der Waals surface area contributed by atoms with Gasteiger partial charge in [0.25, 0.3) is 0 Å². The quantitative estimate of drug-likeness (QED) is 0.706. The predicted molar refractivity (Wildman–Crippen MR) is 115 cm³/mol. The Kier molecular flexibility index (Phi) is 7.29. The van der Waals surface area contributed by atoms with Gasteiger partial charge in [0.1, 0.15) is 6.42 Å². The molecular weight excluding hydrogens is 388 g/mol. The third-order valence-corrected chi connectivity index (χ3v) is 5.74. The number of piperidine rings is 1. The van der Waals surface area contributed by atoms with Crippen LogP contribution in [0.2, 0.25) is 5.02 Å². The fourth-order valence-electron chi connectivity index (χ4n) is 3.73. The first kappa shape index (κ1) is 21.3. The molecule has 1 unspecified atom stereocenters. The summed E-state index contributed by atoms with van der Waals surface area (Å²) in [6.07, 6.45) is 1.51. The van der Waals surface area contributed by atoms with Gasteiger partial charge in [0.05, 0.1) is 6.10 Å². The summed E-state index contributed by atoms with van der Waals surface area (Å²) in [6, 6.07) is 15.2. The van der Waals surface area contributed by atoms with E-state index in [-0.39, 0.29) is 24.2 Å². The number of aliphatic hydroxyl groups is 1. The number of amides is 2. The molecule has 2 amide bonds. The fraction of sp³-hybridized carbons (Fsp3) is 0.391.